The molecule has 32 heavy (non-hydrogen) atoms. The van der Waals surface area contributed by atoms with Gasteiger partial charge in [0.1, 0.15) is 17.9 Å². The molecule has 0 bridgehead atoms. The molecule has 0 aromatic heterocycles. The normalized spacial score (nSPS) is 12.5. The monoisotopic (exact) mass is 468 g/mol. The molecule has 1 aromatic rings. The number of rotatable bonds is 7. The first-order valence-electron chi connectivity index (χ1n) is 10.1. The molecule has 0 aliphatic rings. The number of carboxylic acid groups (broad SMARTS) is 1. The third kappa shape index (κ3) is 8.07. The Bertz CT molecular complexity index is 897. The van der Waals surface area contributed by atoms with Gasteiger partial charge in [0.25, 0.3) is 0 Å². The molecule has 0 spiro atoms. The molecule has 0 unspecified atom stereocenters. The summed E-state index contributed by atoms with van der Waals surface area (Å²) in [5.74, 6) is -1.17. The fourth-order valence-electron chi connectivity index (χ4n) is 3.07. The standard InChI is InChI=1S/C23H33ClN2O6/c1-22(2,3)19(15-11-14(24)9-10-17(15)31-8)16(20(28)29)13-26(7)18(27)12-25-21(30)32-23(4,5)6/h9-11H,12-13H2,1-8H3,(H,25,30)(H,28,29). The fourth-order valence-corrected chi connectivity index (χ4v) is 3.24. The van der Waals surface area contributed by atoms with Crippen LogP contribution in [0.4, 0.5) is 4.79 Å². The SMILES string of the molecule is COc1ccc(Cl)cc1C(=C(CN(C)C(=O)CNC(=O)OC(C)(C)C)C(=O)O)C(C)(C)C. The molecule has 0 atom stereocenters. The van der Waals surface area contributed by atoms with E-state index < -0.39 is 29.0 Å². The minimum atomic E-state index is -1.17. The van der Waals surface area contributed by atoms with E-state index in [1.807, 2.05) is 20.8 Å². The fraction of sp³-hybridized carbons (Fsp3) is 0.522. The van der Waals surface area contributed by atoms with Crippen molar-refractivity contribution in [3.63, 3.8) is 0 Å². The van der Waals surface area contributed by atoms with Gasteiger partial charge in [0.2, 0.25) is 5.91 Å². The van der Waals surface area contributed by atoms with E-state index in [4.69, 9.17) is 21.1 Å². The zero-order chi connectivity index (χ0) is 24.9. The lowest BCUT2D eigenvalue weighted by Crippen LogP contribution is -2.41. The van der Waals surface area contributed by atoms with Crippen molar-refractivity contribution in [1.82, 2.24) is 10.2 Å². The first-order chi connectivity index (χ1) is 14.6. The van der Waals surface area contributed by atoms with Gasteiger partial charge in [0, 0.05) is 17.6 Å². The van der Waals surface area contributed by atoms with Gasteiger partial charge < -0.3 is 24.8 Å². The number of carboxylic acids is 1. The number of amides is 2. The number of alkyl carbamates (subject to hydrolysis) is 1. The van der Waals surface area contributed by atoms with Gasteiger partial charge in [-0.25, -0.2) is 9.59 Å². The van der Waals surface area contributed by atoms with Crippen molar-refractivity contribution in [1.29, 1.82) is 0 Å². The number of benzene rings is 1. The number of ether oxygens (including phenoxy) is 2. The number of hydrogen-bond donors (Lipinski definition) is 2. The van der Waals surface area contributed by atoms with Gasteiger partial charge in [-0.3, -0.25) is 4.79 Å². The van der Waals surface area contributed by atoms with Crippen LogP contribution >= 0.6 is 11.6 Å². The first-order valence-corrected chi connectivity index (χ1v) is 10.5. The van der Waals surface area contributed by atoms with Gasteiger partial charge in [-0.15, -0.1) is 0 Å². The topological polar surface area (TPSA) is 105 Å². The first kappa shape index (κ1) is 27.3. The molecule has 0 fully saturated rings. The number of nitrogens with one attached hydrogen (secondary N) is 1. The lowest BCUT2D eigenvalue weighted by molar-refractivity contribution is -0.133. The summed E-state index contributed by atoms with van der Waals surface area (Å²) in [6, 6.07) is 4.97. The van der Waals surface area contributed by atoms with E-state index in [2.05, 4.69) is 5.32 Å². The second-order valence-electron chi connectivity index (χ2n) is 9.36. The van der Waals surface area contributed by atoms with Crippen molar-refractivity contribution < 1.29 is 29.0 Å². The largest absolute Gasteiger partial charge is 0.496 e. The average Bonchev–Trinajstić information content (AvgIpc) is 2.63. The smallest absolute Gasteiger partial charge is 0.408 e. The Labute approximate surface area is 194 Å². The summed E-state index contributed by atoms with van der Waals surface area (Å²) in [5, 5.41) is 12.8. The maximum atomic E-state index is 12.6. The maximum absolute atomic E-state index is 12.6. The second kappa shape index (κ2) is 10.7. The number of aliphatic carboxylic acids is 1. The summed E-state index contributed by atoms with van der Waals surface area (Å²) in [4.78, 5) is 37.9. The molecule has 9 heteroatoms. The number of carbonyl (C=O) groups excluding carboxylic acids is 2. The summed E-state index contributed by atoms with van der Waals surface area (Å²) >= 11 is 6.18. The molecular formula is C23H33ClN2O6. The Morgan fingerprint density at radius 2 is 1.72 bits per heavy atom. The van der Waals surface area contributed by atoms with E-state index in [0.717, 1.165) is 0 Å². The lowest BCUT2D eigenvalue weighted by Gasteiger charge is -2.29. The Balaban J connectivity index is 3.28. The molecule has 0 aliphatic carbocycles. The van der Waals surface area contributed by atoms with Gasteiger partial charge in [-0.1, -0.05) is 32.4 Å². The van der Waals surface area contributed by atoms with E-state index in [0.29, 0.717) is 21.9 Å². The Hall–Kier alpha value is -2.74. The van der Waals surface area contributed by atoms with Gasteiger partial charge >= 0.3 is 12.1 Å². The molecule has 0 saturated carbocycles. The molecule has 178 valence electrons. The molecular weight excluding hydrogens is 436 g/mol. The van der Waals surface area contributed by atoms with Crippen LogP contribution < -0.4 is 10.1 Å². The van der Waals surface area contributed by atoms with Crippen molar-refractivity contribution in [3.8, 4) is 5.75 Å². The molecule has 0 saturated heterocycles. The minimum absolute atomic E-state index is 0.0196. The van der Waals surface area contributed by atoms with Crippen molar-refractivity contribution >= 4 is 35.1 Å². The quantitative estimate of drug-likeness (QED) is 0.580. The van der Waals surface area contributed by atoms with E-state index in [1.165, 1.54) is 19.1 Å². The zero-order valence-corrected chi connectivity index (χ0v) is 20.7. The number of carbonyl (C=O) groups is 3. The van der Waals surface area contributed by atoms with E-state index in [1.54, 1.807) is 39.0 Å². The highest BCUT2D eigenvalue weighted by molar-refractivity contribution is 6.30. The molecule has 2 N–H and O–H groups in total. The molecule has 2 amide bonds. The van der Waals surface area contributed by atoms with Gasteiger partial charge in [0.05, 0.1) is 19.2 Å². The molecule has 8 nitrogen and oxygen atoms in total. The summed E-state index contributed by atoms with van der Waals surface area (Å²) in [6.45, 7) is 10.2. The van der Waals surface area contributed by atoms with E-state index >= 15 is 0 Å². The van der Waals surface area contributed by atoms with Crippen LogP contribution in [0.5, 0.6) is 5.75 Å². The maximum Gasteiger partial charge on any atom is 0.408 e. The number of methoxy groups -OCH3 is 1. The van der Waals surface area contributed by atoms with Gasteiger partial charge in [-0.05, 0) is 50.0 Å². The van der Waals surface area contributed by atoms with E-state index in [-0.39, 0.29) is 18.7 Å². The third-order valence-corrected chi connectivity index (χ3v) is 4.58. The van der Waals surface area contributed by atoms with Crippen LogP contribution in [0.1, 0.15) is 47.1 Å². The molecule has 1 rings (SSSR count). The predicted molar refractivity (Wildman–Crippen MR) is 124 cm³/mol. The van der Waals surface area contributed by atoms with Crippen LogP contribution in [0, 0.1) is 5.41 Å². The van der Waals surface area contributed by atoms with Crippen molar-refractivity contribution in [2.75, 3.05) is 27.2 Å². The second-order valence-corrected chi connectivity index (χ2v) is 9.79. The molecule has 1 aromatic carbocycles. The van der Waals surface area contributed by atoms with Crippen LogP contribution in [0.2, 0.25) is 5.02 Å². The third-order valence-electron chi connectivity index (χ3n) is 4.34. The Morgan fingerprint density at radius 3 is 2.19 bits per heavy atom. The summed E-state index contributed by atoms with van der Waals surface area (Å²) in [6.07, 6.45) is -0.729. The Kier molecular flexibility index (Phi) is 9.14. The molecule has 0 radical (unpaired) electrons. The highest BCUT2D eigenvalue weighted by atomic mass is 35.5. The molecule has 0 aliphatic heterocycles. The van der Waals surface area contributed by atoms with Crippen LogP contribution in [0.15, 0.2) is 23.8 Å². The number of nitrogens with zero attached hydrogens (tertiary/aromatic N) is 1. The lowest BCUT2D eigenvalue weighted by atomic mass is 9.78. The minimum Gasteiger partial charge on any atom is -0.496 e. The highest BCUT2D eigenvalue weighted by Gasteiger charge is 2.30. The number of allylic oxidation sites excluding steroid dienone is 1. The van der Waals surface area contributed by atoms with Crippen LogP contribution in [-0.4, -0.2) is 60.8 Å². The van der Waals surface area contributed by atoms with E-state index in [9.17, 15) is 19.5 Å². The van der Waals surface area contributed by atoms with Crippen LogP contribution in [0.25, 0.3) is 5.57 Å². The highest BCUT2D eigenvalue weighted by Crippen LogP contribution is 2.42. The van der Waals surface area contributed by atoms with Gasteiger partial charge in [0.15, 0.2) is 0 Å². The summed E-state index contributed by atoms with van der Waals surface area (Å²) < 4.78 is 10.5. The van der Waals surface area contributed by atoms with Gasteiger partial charge in [-0.2, -0.15) is 0 Å². The molecule has 0 heterocycles. The summed E-state index contributed by atoms with van der Waals surface area (Å²) in [5.41, 5.74) is -0.256. The average molecular weight is 469 g/mol. The Morgan fingerprint density at radius 1 is 1.12 bits per heavy atom. The van der Waals surface area contributed by atoms with Crippen molar-refractivity contribution in [2.45, 2.75) is 47.1 Å². The van der Waals surface area contributed by atoms with Crippen molar-refractivity contribution in [2.24, 2.45) is 5.41 Å². The number of halogens is 1. The van der Waals surface area contributed by atoms with Crippen LogP contribution in [0.3, 0.4) is 0 Å². The van der Waals surface area contributed by atoms with Crippen LogP contribution in [-0.2, 0) is 14.3 Å². The zero-order valence-electron chi connectivity index (χ0n) is 20.0. The number of likely N-dealkylation sites (N-methyl/N-ethyl adjacent to an activating group) is 1. The summed E-state index contributed by atoms with van der Waals surface area (Å²) in [7, 11) is 2.96. The van der Waals surface area contributed by atoms with Crippen molar-refractivity contribution in [3.05, 3.63) is 34.4 Å². The predicted octanol–water partition coefficient (Wildman–Crippen LogP) is 4.22. The number of hydrogen-bond acceptors (Lipinski definition) is 5.